The maximum Gasteiger partial charge on any atom is 0.337 e. The second kappa shape index (κ2) is 12.5. The lowest BCUT2D eigenvalue weighted by atomic mass is 9.91. The van der Waals surface area contributed by atoms with E-state index in [2.05, 4.69) is 4.74 Å². The monoisotopic (exact) mass is 478 g/mol. The number of ether oxygens (including phenoxy) is 1. The van der Waals surface area contributed by atoms with Gasteiger partial charge >= 0.3 is 17.3 Å². The van der Waals surface area contributed by atoms with Crippen LogP contribution in [0.2, 0.25) is 0 Å². The Morgan fingerprint density at radius 3 is 1.85 bits per heavy atom. The number of non-ortho nitro benzene ring substituents is 1. The molecule has 3 N–H and O–H groups in total. The number of nitro groups is 3. The molecule has 0 heterocycles. The van der Waals surface area contributed by atoms with Crippen molar-refractivity contribution in [2.45, 2.75) is 25.7 Å². The van der Waals surface area contributed by atoms with Crippen molar-refractivity contribution in [2.75, 3.05) is 13.7 Å². The molecule has 0 aliphatic heterocycles. The average molecular weight is 478 g/mol. The Kier molecular flexibility index (Phi) is 10.2. The van der Waals surface area contributed by atoms with Gasteiger partial charge in [0, 0.05) is 6.42 Å². The number of nitrogens with two attached hydrogens (primary N) is 1. The van der Waals surface area contributed by atoms with Gasteiger partial charge in [0.15, 0.2) is 0 Å². The van der Waals surface area contributed by atoms with Gasteiger partial charge < -0.3 is 15.6 Å². The number of phenols is 1. The molecule has 0 amide bonds. The number of carbonyl (C=O) groups excluding carboxylic acids is 2. The summed E-state index contributed by atoms with van der Waals surface area (Å²) in [6.45, 7) is 2.11. The molecule has 2 aromatic rings. The Bertz CT molecular complexity index is 1050. The highest BCUT2D eigenvalue weighted by Gasteiger charge is 2.30. The predicted octanol–water partition coefficient (Wildman–Crippen LogP) is 3.00. The molecule has 1 unspecified atom stereocenters. The lowest BCUT2D eigenvalue weighted by Crippen LogP contribution is -2.16. The Morgan fingerprint density at radius 1 is 1.00 bits per heavy atom. The van der Waals surface area contributed by atoms with E-state index in [4.69, 9.17) is 10.8 Å². The van der Waals surface area contributed by atoms with Gasteiger partial charge in [-0.3, -0.25) is 35.1 Å². The van der Waals surface area contributed by atoms with Crippen LogP contribution in [0.15, 0.2) is 36.4 Å². The number of hydrogen-bond donors (Lipinski definition) is 2. The van der Waals surface area contributed by atoms with Gasteiger partial charge in [0.25, 0.3) is 11.4 Å². The maximum atomic E-state index is 11.4. The molecule has 0 aliphatic rings. The van der Waals surface area contributed by atoms with Gasteiger partial charge in [0.1, 0.15) is 5.78 Å². The van der Waals surface area contributed by atoms with E-state index in [-0.39, 0.29) is 24.2 Å². The summed E-state index contributed by atoms with van der Waals surface area (Å²) in [6.07, 6.45) is 1.31. The van der Waals surface area contributed by atoms with Crippen molar-refractivity contribution in [3.05, 3.63) is 77.9 Å². The summed E-state index contributed by atoms with van der Waals surface area (Å²) in [7, 11) is 1.35. The Morgan fingerprint density at radius 2 is 1.50 bits per heavy atom. The van der Waals surface area contributed by atoms with E-state index in [0.29, 0.717) is 24.1 Å². The summed E-state index contributed by atoms with van der Waals surface area (Å²) in [5.74, 6) is -1.35. The standard InChI is InChI=1S/C14H19NO3.C6H3N3O7/c1-3-10(8-13(16)9-15)11-4-6-12(7-5-11)14(17)18-2;10-6-4(8(13)14)1-3(7(11)12)2-5(6)9(15)16/h4-7,10H,3,8-9,15H2,1-2H3;1-2,10H. The molecule has 0 fully saturated rings. The van der Waals surface area contributed by atoms with Gasteiger partial charge in [-0.2, -0.15) is 0 Å². The van der Waals surface area contributed by atoms with E-state index in [0.717, 1.165) is 12.0 Å². The maximum absolute atomic E-state index is 11.4. The van der Waals surface area contributed by atoms with E-state index in [1.807, 2.05) is 19.1 Å². The van der Waals surface area contributed by atoms with Crippen molar-refractivity contribution in [1.29, 1.82) is 0 Å². The molecule has 182 valence electrons. The molecule has 1 atom stereocenters. The average Bonchev–Trinajstić information content (AvgIpc) is 2.81. The first-order valence-electron chi connectivity index (χ1n) is 9.66. The topological polar surface area (TPSA) is 219 Å². The zero-order valence-corrected chi connectivity index (χ0v) is 18.2. The summed E-state index contributed by atoms with van der Waals surface area (Å²) in [4.78, 5) is 50.4. The van der Waals surface area contributed by atoms with Crippen LogP contribution in [0.25, 0.3) is 0 Å². The number of benzene rings is 2. The van der Waals surface area contributed by atoms with Gasteiger partial charge in [-0.05, 0) is 30.0 Å². The Hall–Kier alpha value is -4.46. The van der Waals surface area contributed by atoms with E-state index in [1.165, 1.54) is 7.11 Å². The van der Waals surface area contributed by atoms with Crippen LogP contribution < -0.4 is 5.73 Å². The highest BCUT2D eigenvalue weighted by molar-refractivity contribution is 5.89. The molecular formula is C20H22N4O10. The van der Waals surface area contributed by atoms with Crippen molar-refractivity contribution >= 4 is 28.8 Å². The molecule has 0 saturated heterocycles. The first kappa shape index (κ1) is 27.6. The molecule has 0 bridgehead atoms. The molecule has 0 spiro atoms. The van der Waals surface area contributed by atoms with Crippen molar-refractivity contribution in [3.63, 3.8) is 0 Å². The summed E-state index contributed by atoms with van der Waals surface area (Å²) < 4.78 is 4.64. The van der Waals surface area contributed by atoms with Crippen molar-refractivity contribution < 1.29 is 34.2 Å². The summed E-state index contributed by atoms with van der Waals surface area (Å²) in [5.41, 5.74) is 3.89. The zero-order chi connectivity index (χ0) is 26.0. The largest absolute Gasteiger partial charge is 0.497 e. The SMILES string of the molecule is CCC(CC(=O)CN)c1ccc(C(=O)OC)cc1.O=[N+]([O-])c1cc([N+](=O)[O-])c(O)c([N+](=O)[O-])c1. The third-order valence-corrected chi connectivity index (χ3v) is 4.66. The number of nitrogens with zero attached hydrogens (tertiary/aromatic N) is 3. The van der Waals surface area contributed by atoms with E-state index < -0.39 is 37.6 Å². The Balaban J connectivity index is 0.000000342. The minimum atomic E-state index is -1.21. The lowest BCUT2D eigenvalue weighted by Gasteiger charge is -2.14. The number of ketones is 1. The predicted molar refractivity (Wildman–Crippen MR) is 118 cm³/mol. The summed E-state index contributed by atoms with van der Waals surface area (Å²) in [6, 6.07) is 8.06. The van der Waals surface area contributed by atoms with Crippen LogP contribution >= 0.6 is 0 Å². The number of hydrogen-bond acceptors (Lipinski definition) is 11. The van der Waals surface area contributed by atoms with Crippen LogP contribution in [0.4, 0.5) is 17.1 Å². The van der Waals surface area contributed by atoms with Gasteiger partial charge in [-0.25, -0.2) is 4.79 Å². The summed E-state index contributed by atoms with van der Waals surface area (Å²) >= 11 is 0. The Labute approximate surface area is 192 Å². The van der Waals surface area contributed by atoms with Crippen molar-refractivity contribution in [2.24, 2.45) is 5.73 Å². The number of phenolic OH excluding ortho intramolecular Hbond substituents is 1. The molecule has 0 saturated carbocycles. The molecule has 0 aromatic heterocycles. The number of nitro benzene ring substituents is 3. The van der Waals surface area contributed by atoms with Gasteiger partial charge in [0.05, 0.1) is 46.1 Å². The second-order valence-electron chi connectivity index (χ2n) is 6.77. The third kappa shape index (κ3) is 7.30. The smallest absolute Gasteiger partial charge is 0.337 e. The van der Waals surface area contributed by atoms with Crippen molar-refractivity contribution in [3.8, 4) is 5.75 Å². The third-order valence-electron chi connectivity index (χ3n) is 4.66. The van der Waals surface area contributed by atoms with Crippen LogP contribution in [-0.2, 0) is 9.53 Å². The zero-order valence-electron chi connectivity index (χ0n) is 18.2. The fourth-order valence-corrected chi connectivity index (χ4v) is 2.84. The number of methoxy groups -OCH3 is 1. The minimum absolute atomic E-state index is 0.0545. The fourth-order valence-electron chi connectivity index (χ4n) is 2.84. The van der Waals surface area contributed by atoms with Crippen molar-refractivity contribution in [1.82, 2.24) is 0 Å². The number of Topliss-reactive ketones (excluding diaryl/α,β-unsaturated/α-hetero) is 1. The molecular weight excluding hydrogens is 456 g/mol. The molecule has 14 nitrogen and oxygen atoms in total. The van der Waals surface area contributed by atoms with Gasteiger partial charge in [-0.15, -0.1) is 0 Å². The normalized spacial score (nSPS) is 10.9. The quantitative estimate of drug-likeness (QED) is 0.303. The second-order valence-corrected chi connectivity index (χ2v) is 6.77. The molecule has 2 aromatic carbocycles. The van der Waals surface area contributed by atoms with Crippen LogP contribution in [0.1, 0.15) is 41.6 Å². The fraction of sp³-hybridized carbons (Fsp3) is 0.300. The number of rotatable bonds is 9. The summed E-state index contributed by atoms with van der Waals surface area (Å²) in [5, 5.41) is 40.2. The number of esters is 1. The van der Waals surface area contributed by atoms with Crippen LogP contribution in [0.5, 0.6) is 5.75 Å². The molecule has 34 heavy (non-hydrogen) atoms. The highest BCUT2D eigenvalue weighted by atomic mass is 16.6. The molecule has 0 aliphatic carbocycles. The highest BCUT2D eigenvalue weighted by Crippen LogP contribution is 2.38. The van der Waals surface area contributed by atoms with Crippen LogP contribution in [0.3, 0.4) is 0 Å². The molecule has 0 radical (unpaired) electrons. The van der Waals surface area contributed by atoms with E-state index in [9.17, 15) is 39.9 Å². The van der Waals surface area contributed by atoms with E-state index in [1.54, 1.807) is 12.1 Å². The van der Waals surface area contributed by atoms with Crippen LogP contribution in [0, 0.1) is 30.3 Å². The molecule has 2 rings (SSSR count). The van der Waals surface area contributed by atoms with Gasteiger partial charge in [-0.1, -0.05) is 19.1 Å². The number of carbonyl (C=O) groups is 2. The molecule has 14 heteroatoms. The van der Waals surface area contributed by atoms with Gasteiger partial charge in [0.2, 0.25) is 0 Å². The number of aromatic hydroxyl groups is 1. The minimum Gasteiger partial charge on any atom is -0.497 e. The first-order valence-corrected chi connectivity index (χ1v) is 9.66. The lowest BCUT2D eigenvalue weighted by molar-refractivity contribution is -0.404. The first-order chi connectivity index (χ1) is 16.0. The van der Waals surface area contributed by atoms with E-state index >= 15 is 0 Å². The van der Waals surface area contributed by atoms with Crippen LogP contribution in [-0.4, -0.2) is 45.3 Å².